The zero-order chi connectivity index (χ0) is 37.5. The predicted octanol–water partition coefficient (Wildman–Crippen LogP) is 13.9. The van der Waals surface area contributed by atoms with Crippen LogP contribution in [0, 0.1) is 27.7 Å². The van der Waals surface area contributed by atoms with Crippen molar-refractivity contribution in [3.63, 3.8) is 0 Å². The van der Waals surface area contributed by atoms with Crippen LogP contribution in [-0.4, -0.2) is 9.97 Å². The van der Waals surface area contributed by atoms with Crippen LogP contribution in [0.3, 0.4) is 0 Å². The molecule has 1 aliphatic rings. The minimum absolute atomic E-state index is 0.000627. The molecule has 2 heterocycles. The zero-order valence-electron chi connectivity index (χ0n) is 32.8. The van der Waals surface area contributed by atoms with Crippen LogP contribution >= 0.6 is 0 Å². The molecular weight excluding hydrogens is 657 g/mol. The number of benzene rings is 6. The Balaban J connectivity index is 1.47. The van der Waals surface area contributed by atoms with Gasteiger partial charge in [-0.15, -0.1) is 0 Å². The van der Waals surface area contributed by atoms with Crippen molar-refractivity contribution in [2.45, 2.75) is 79.6 Å². The van der Waals surface area contributed by atoms with Gasteiger partial charge in [-0.1, -0.05) is 64.1 Å². The van der Waals surface area contributed by atoms with Gasteiger partial charge in [-0.05, 0) is 174 Å². The first-order valence-electron chi connectivity index (χ1n) is 19.4. The van der Waals surface area contributed by atoms with Crippen molar-refractivity contribution in [1.29, 1.82) is 0 Å². The second-order valence-corrected chi connectivity index (χ2v) is 16.6. The number of hydrogen-bond acceptors (Lipinski definition) is 4. The van der Waals surface area contributed by atoms with E-state index in [1.165, 1.54) is 82.6 Å². The van der Waals surface area contributed by atoms with Crippen LogP contribution in [0.15, 0.2) is 116 Å². The van der Waals surface area contributed by atoms with Crippen LogP contribution in [0.1, 0.15) is 79.0 Å². The number of aromatic nitrogens is 2. The normalized spacial score (nSPS) is 13.7. The molecule has 4 heteroatoms. The highest BCUT2D eigenvalue weighted by Crippen LogP contribution is 2.54. The maximum atomic E-state index is 5.00. The largest absolute Gasteiger partial charge is 0.294 e. The monoisotopic (exact) mass is 704 g/mol. The summed E-state index contributed by atoms with van der Waals surface area (Å²) in [6, 6.07) is 38.4. The van der Waals surface area contributed by atoms with E-state index in [1.807, 2.05) is 24.5 Å². The molecule has 0 spiro atoms. The average Bonchev–Trinajstić information content (AvgIpc) is 3.13. The highest BCUT2D eigenvalue weighted by molar-refractivity contribution is 6.30. The molecule has 0 amide bonds. The van der Waals surface area contributed by atoms with Crippen molar-refractivity contribution in [1.82, 2.24) is 9.97 Å². The summed E-state index contributed by atoms with van der Waals surface area (Å²) in [5.74, 6) is 2.14. The topological polar surface area (TPSA) is 32.3 Å². The Morgan fingerprint density at radius 3 is 1.61 bits per heavy atom. The molecule has 1 aliphatic carbocycles. The van der Waals surface area contributed by atoms with Gasteiger partial charge in [-0.2, -0.15) is 0 Å². The molecule has 9 rings (SSSR count). The molecule has 0 saturated carbocycles. The number of pyridine rings is 2. The summed E-state index contributed by atoms with van der Waals surface area (Å²) in [5.41, 5.74) is 13.7. The second-order valence-electron chi connectivity index (χ2n) is 16.6. The van der Waals surface area contributed by atoms with Gasteiger partial charge in [-0.3, -0.25) is 9.80 Å². The van der Waals surface area contributed by atoms with Crippen molar-refractivity contribution in [2.75, 3.05) is 9.80 Å². The Morgan fingerprint density at radius 1 is 0.556 bits per heavy atom. The quantitative estimate of drug-likeness (QED) is 0.155. The summed E-state index contributed by atoms with van der Waals surface area (Å²) in [5, 5.41) is 7.95. The van der Waals surface area contributed by atoms with E-state index in [2.05, 4.69) is 156 Å². The summed E-state index contributed by atoms with van der Waals surface area (Å²) in [4.78, 5) is 14.8. The van der Waals surface area contributed by atoms with Gasteiger partial charge in [0.2, 0.25) is 0 Å². The number of rotatable bonds is 7. The number of nitrogens with zero attached hydrogens (tertiary/aromatic N) is 4. The van der Waals surface area contributed by atoms with E-state index in [0.29, 0.717) is 5.92 Å². The van der Waals surface area contributed by atoms with Gasteiger partial charge in [0.15, 0.2) is 0 Å². The Kier molecular flexibility index (Phi) is 8.01. The molecule has 2 aromatic heterocycles. The van der Waals surface area contributed by atoms with E-state index in [9.17, 15) is 0 Å². The molecule has 268 valence electrons. The van der Waals surface area contributed by atoms with Crippen LogP contribution in [0.4, 0.5) is 34.4 Å². The van der Waals surface area contributed by atoms with Crippen LogP contribution in [0.25, 0.3) is 32.3 Å². The van der Waals surface area contributed by atoms with Crippen molar-refractivity contribution in [3.05, 3.63) is 154 Å². The van der Waals surface area contributed by atoms with Gasteiger partial charge in [0.25, 0.3) is 0 Å². The third kappa shape index (κ3) is 5.50. The van der Waals surface area contributed by atoms with Gasteiger partial charge in [0, 0.05) is 39.9 Å². The Labute approximate surface area is 319 Å². The lowest BCUT2D eigenvalue weighted by Crippen LogP contribution is -2.24. The maximum absolute atomic E-state index is 5.00. The first kappa shape index (κ1) is 34.1. The van der Waals surface area contributed by atoms with Gasteiger partial charge < -0.3 is 0 Å². The first-order valence-corrected chi connectivity index (χ1v) is 19.4. The SMILES string of the molecule is Cc1cc(C)cc(N(c2ccccn2)c2cc(C(C)C)c3ccc4c(N(c5cc(C)cc(C)c5)c5ccccn5)cc5c6c(cc2c3c46)C(C)(C)CC5)c1. The van der Waals surface area contributed by atoms with Crippen molar-refractivity contribution in [2.24, 2.45) is 0 Å². The Bertz CT molecular complexity index is 2670. The number of aryl methyl sites for hydroxylation is 5. The molecule has 0 fully saturated rings. The van der Waals surface area contributed by atoms with Gasteiger partial charge in [0.05, 0.1) is 11.4 Å². The molecule has 0 radical (unpaired) electrons. The highest BCUT2D eigenvalue weighted by Gasteiger charge is 2.34. The fourth-order valence-electron chi connectivity index (χ4n) is 9.25. The molecule has 0 bridgehead atoms. The maximum Gasteiger partial charge on any atom is 0.137 e. The Hall–Kier alpha value is -5.74. The number of hydrogen-bond donors (Lipinski definition) is 0. The molecule has 4 nitrogen and oxygen atoms in total. The van der Waals surface area contributed by atoms with Crippen LogP contribution < -0.4 is 9.80 Å². The smallest absolute Gasteiger partial charge is 0.137 e. The molecular formula is C50H48N4. The summed E-state index contributed by atoms with van der Waals surface area (Å²) in [6.07, 6.45) is 5.92. The molecule has 0 saturated heterocycles. The second kappa shape index (κ2) is 12.7. The summed E-state index contributed by atoms with van der Waals surface area (Å²) in [7, 11) is 0. The summed E-state index contributed by atoms with van der Waals surface area (Å²) >= 11 is 0. The standard InChI is InChI=1S/C50H48N4/c1-30(2)40-29-44(54(46-14-10-12-20-52-46)37-25-33(5)22-34(6)26-37)41-28-42-47-35(17-18-50(42,7)8)27-43(39-16-15-38(40)48(41)49(39)47)53(45-13-9-11-19-51-45)36-23-31(3)21-32(4)24-36/h9-16,19-30H,17-18H2,1-8H3. The summed E-state index contributed by atoms with van der Waals surface area (Å²) in [6.45, 7) is 18.3. The molecule has 54 heavy (non-hydrogen) atoms. The van der Waals surface area contributed by atoms with E-state index in [0.717, 1.165) is 35.9 Å². The predicted molar refractivity (Wildman–Crippen MR) is 229 cm³/mol. The fourth-order valence-corrected chi connectivity index (χ4v) is 9.25. The van der Waals surface area contributed by atoms with Crippen molar-refractivity contribution >= 4 is 66.7 Å². The van der Waals surface area contributed by atoms with Gasteiger partial charge >= 0.3 is 0 Å². The minimum Gasteiger partial charge on any atom is -0.294 e. The minimum atomic E-state index is -0.000627. The van der Waals surface area contributed by atoms with E-state index in [1.54, 1.807) is 0 Å². The first-order chi connectivity index (χ1) is 26.0. The molecule has 6 aromatic carbocycles. The molecule has 0 N–H and O–H groups in total. The van der Waals surface area contributed by atoms with Gasteiger partial charge in [0.1, 0.15) is 11.6 Å². The van der Waals surface area contributed by atoms with E-state index >= 15 is 0 Å². The van der Waals surface area contributed by atoms with Crippen LogP contribution in [0.2, 0.25) is 0 Å². The molecule has 0 atom stereocenters. The number of anilines is 6. The third-order valence-electron chi connectivity index (χ3n) is 11.6. The lowest BCUT2D eigenvalue weighted by molar-refractivity contribution is 0.475. The molecule has 0 aliphatic heterocycles. The van der Waals surface area contributed by atoms with E-state index < -0.39 is 0 Å². The van der Waals surface area contributed by atoms with Crippen molar-refractivity contribution < 1.29 is 0 Å². The summed E-state index contributed by atoms with van der Waals surface area (Å²) < 4.78 is 0. The zero-order valence-corrected chi connectivity index (χ0v) is 32.8. The lowest BCUT2D eigenvalue weighted by atomic mass is 9.70. The Morgan fingerprint density at radius 2 is 1.09 bits per heavy atom. The molecule has 8 aromatic rings. The third-order valence-corrected chi connectivity index (χ3v) is 11.6. The van der Waals surface area contributed by atoms with Gasteiger partial charge in [-0.25, -0.2) is 9.97 Å². The lowest BCUT2D eigenvalue weighted by Gasteiger charge is -2.37. The van der Waals surface area contributed by atoms with E-state index in [4.69, 9.17) is 9.97 Å². The van der Waals surface area contributed by atoms with E-state index in [-0.39, 0.29) is 5.41 Å². The van der Waals surface area contributed by atoms with Crippen LogP contribution in [0.5, 0.6) is 0 Å². The highest BCUT2D eigenvalue weighted by atomic mass is 15.2. The van der Waals surface area contributed by atoms with Crippen molar-refractivity contribution in [3.8, 4) is 0 Å². The van der Waals surface area contributed by atoms with Crippen LogP contribution in [-0.2, 0) is 11.8 Å². The molecule has 0 unspecified atom stereocenters. The average molecular weight is 705 g/mol. The fraction of sp³-hybridized carbons (Fsp3) is 0.240.